The minimum Gasteiger partial charge on any atom is -0.372 e. The van der Waals surface area contributed by atoms with Gasteiger partial charge in [0.1, 0.15) is 5.69 Å². The van der Waals surface area contributed by atoms with Crippen LogP contribution in [-0.2, 0) is 0 Å². The molecule has 23 heavy (non-hydrogen) atoms. The molecule has 0 bridgehead atoms. The van der Waals surface area contributed by atoms with E-state index in [1.165, 1.54) is 11.1 Å². The summed E-state index contributed by atoms with van der Waals surface area (Å²) in [5.74, 6) is -0.666. The first-order chi connectivity index (χ1) is 11.1. The van der Waals surface area contributed by atoms with Crippen molar-refractivity contribution in [3.8, 4) is 0 Å². The summed E-state index contributed by atoms with van der Waals surface area (Å²) in [4.78, 5) is 32.6. The third-order valence-corrected chi connectivity index (χ3v) is 4.20. The molecule has 0 fully saturated rings. The minimum atomic E-state index is -0.357. The van der Waals surface area contributed by atoms with Crippen molar-refractivity contribution >= 4 is 23.2 Å². The molecule has 0 unspecified atom stereocenters. The van der Waals surface area contributed by atoms with E-state index in [1.807, 2.05) is 25.1 Å². The maximum atomic E-state index is 12.5. The lowest BCUT2D eigenvalue weighted by Gasteiger charge is -2.23. The topological polar surface area (TPSA) is 53.5 Å². The van der Waals surface area contributed by atoms with Crippen LogP contribution in [0.2, 0.25) is 0 Å². The Balaban J connectivity index is 2.01. The minimum absolute atomic E-state index is 0.227. The second-order valence-corrected chi connectivity index (χ2v) is 5.49. The molecule has 0 saturated carbocycles. The molecule has 1 aliphatic heterocycles. The Bertz CT molecular complexity index is 747. The number of aromatic nitrogens is 1. The Kier molecular flexibility index (Phi) is 3.86. The molecule has 2 aromatic rings. The summed E-state index contributed by atoms with van der Waals surface area (Å²) in [5, 5.41) is 0. The first-order valence-electron chi connectivity index (χ1n) is 7.77. The van der Waals surface area contributed by atoms with E-state index >= 15 is 0 Å². The lowest BCUT2D eigenvalue weighted by molar-refractivity contribution is 0.0924. The Morgan fingerprint density at radius 3 is 2.43 bits per heavy atom. The maximum Gasteiger partial charge on any atom is 0.284 e. The van der Waals surface area contributed by atoms with E-state index in [0.717, 1.165) is 24.3 Å². The van der Waals surface area contributed by atoms with Gasteiger partial charge in [0.2, 0.25) is 0 Å². The largest absolute Gasteiger partial charge is 0.372 e. The zero-order valence-electron chi connectivity index (χ0n) is 13.5. The Morgan fingerprint density at radius 1 is 1.09 bits per heavy atom. The summed E-state index contributed by atoms with van der Waals surface area (Å²) < 4.78 is 0. The Labute approximate surface area is 135 Å². The highest BCUT2D eigenvalue weighted by Gasteiger charge is 2.38. The molecule has 118 valence electrons. The second kappa shape index (κ2) is 5.83. The number of anilines is 2. The Hall–Kier alpha value is -2.69. The van der Waals surface area contributed by atoms with E-state index < -0.39 is 0 Å². The molecule has 2 heterocycles. The zero-order valence-corrected chi connectivity index (χ0v) is 13.5. The molecule has 0 radical (unpaired) electrons. The van der Waals surface area contributed by atoms with Gasteiger partial charge in [0.25, 0.3) is 11.8 Å². The highest BCUT2D eigenvalue weighted by Crippen LogP contribution is 2.31. The molecule has 2 amide bonds. The zero-order chi connectivity index (χ0) is 16.6. The number of rotatable bonds is 4. The average molecular weight is 309 g/mol. The van der Waals surface area contributed by atoms with Gasteiger partial charge in [-0.25, -0.2) is 4.90 Å². The van der Waals surface area contributed by atoms with Crippen molar-refractivity contribution < 1.29 is 9.59 Å². The number of aryl methyl sites for hydroxylation is 1. The first-order valence-corrected chi connectivity index (χ1v) is 7.77. The number of hydrogen-bond donors (Lipinski definition) is 0. The number of carbonyl (C=O) groups excluding carboxylic acids is 2. The van der Waals surface area contributed by atoms with Gasteiger partial charge in [-0.3, -0.25) is 14.6 Å². The van der Waals surface area contributed by atoms with E-state index in [4.69, 9.17) is 0 Å². The van der Waals surface area contributed by atoms with E-state index in [-0.39, 0.29) is 17.5 Å². The molecule has 0 spiro atoms. The third-order valence-electron chi connectivity index (χ3n) is 4.20. The van der Waals surface area contributed by atoms with Gasteiger partial charge in [-0.1, -0.05) is 0 Å². The molecule has 1 aromatic heterocycles. The number of fused-ring (bicyclic) bond motifs is 1. The number of imide groups is 1. The molecule has 0 saturated heterocycles. The van der Waals surface area contributed by atoms with Gasteiger partial charge >= 0.3 is 0 Å². The predicted octanol–water partition coefficient (Wildman–Crippen LogP) is 3.04. The molecule has 1 aliphatic rings. The molecular formula is C18H19N3O2. The van der Waals surface area contributed by atoms with E-state index in [9.17, 15) is 9.59 Å². The summed E-state index contributed by atoms with van der Waals surface area (Å²) in [6, 6.07) is 9.11. The smallest absolute Gasteiger partial charge is 0.284 e. The fourth-order valence-electron chi connectivity index (χ4n) is 2.96. The van der Waals surface area contributed by atoms with Gasteiger partial charge in [0.15, 0.2) is 0 Å². The number of benzene rings is 1. The van der Waals surface area contributed by atoms with Crippen molar-refractivity contribution in [3.05, 3.63) is 53.3 Å². The average Bonchev–Trinajstić information content (AvgIpc) is 2.81. The number of pyridine rings is 1. The standard InChI is InChI=1S/C18H19N3O2/c1-4-20(5-2)13-8-9-15(12(3)11-13)21-17(22)14-7-6-10-19-16(14)18(21)23/h6-11H,4-5H2,1-3H3. The summed E-state index contributed by atoms with van der Waals surface area (Å²) in [6.07, 6.45) is 1.53. The molecule has 5 nitrogen and oxygen atoms in total. The van der Waals surface area contributed by atoms with Gasteiger partial charge < -0.3 is 4.90 Å². The first kappa shape index (κ1) is 15.2. The number of hydrogen-bond acceptors (Lipinski definition) is 4. The van der Waals surface area contributed by atoms with Gasteiger partial charge in [0.05, 0.1) is 11.3 Å². The molecule has 1 aromatic carbocycles. The van der Waals surface area contributed by atoms with Gasteiger partial charge in [-0.15, -0.1) is 0 Å². The third kappa shape index (κ3) is 2.38. The van der Waals surface area contributed by atoms with Crippen molar-refractivity contribution in [1.82, 2.24) is 4.98 Å². The van der Waals surface area contributed by atoms with Crippen LogP contribution < -0.4 is 9.80 Å². The van der Waals surface area contributed by atoms with E-state index in [2.05, 4.69) is 23.7 Å². The van der Waals surface area contributed by atoms with Crippen LogP contribution in [0.3, 0.4) is 0 Å². The lowest BCUT2D eigenvalue weighted by atomic mass is 10.1. The highest BCUT2D eigenvalue weighted by atomic mass is 16.2. The van der Waals surface area contributed by atoms with Crippen LogP contribution in [0.4, 0.5) is 11.4 Å². The molecule has 0 aliphatic carbocycles. The molecule has 5 heteroatoms. The summed E-state index contributed by atoms with van der Waals surface area (Å²) >= 11 is 0. The molecule has 0 N–H and O–H groups in total. The van der Waals surface area contributed by atoms with Crippen molar-refractivity contribution in [3.63, 3.8) is 0 Å². The van der Waals surface area contributed by atoms with Crippen LogP contribution in [0.5, 0.6) is 0 Å². The van der Waals surface area contributed by atoms with Crippen molar-refractivity contribution in [1.29, 1.82) is 0 Å². The van der Waals surface area contributed by atoms with Crippen LogP contribution >= 0.6 is 0 Å². The maximum absolute atomic E-state index is 12.5. The number of nitrogens with zero attached hydrogens (tertiary/aromatic N) is 3. The molecule has 0 atom stereocenters. The van der Waals surface area contributed by atoms with Crippen LogP contribution in [0.1, 0.15) is 40.3 Å². The monoisotopic (exact) mass is 309 g/mol. The molecule has 3 rings (SSSR count). The van der Waals surface area contributed by atoms with Gasteiger partial charge in [-0.05, 0) is 56.7 Å². The summed E-state index contributed by atoms with van der Waals surface area (Å²) in [5.41, 5.74) is 3.19. The number of amides is 2. The quantitative estimate of drug-likeness (QED) is 0.815. The van der Waals surface area contributed by atoms with Crippen molar-refractivity contribution in [2.75, 3.05) is 22.9 Å². The SMILES string of the molecule is CCN(CC)c1ccc(N2C(=O)c3cccnc3C2=O)c(C)c1. The molecular weight excluding hydrogens is 290 g/mol. The van der Waals surface area contributed by atoms with E-state index in [0.29, 0.717) is 11.3 Å². The lowest BCUT2D eigenvalue weighted by Crippen LogP contribution is -2.30. The van der Waals surface area contributed by atoms with Crippen LogP contribution in [0, 0.1) is 6.92 Å². The fourth-order valence-corrected chi connectivity index (χ4v) is 2.96. The normalized spacial score (nSPS) is 13.4. The predicted molar refractivity (Wildman–Crippen MR) is 90.1 cm³/mol. The fraction of sp³-hybridized carbons (Fsp3) is 0.278. The van der Waals surface area contributed by atoms with E-state index in [1.54, 1.807) is 12.1 Å². The van der Waals surface area contributed by atoms with Crippen LogP contribution in [-0.4, -0.2) is 29.9 Å². The summed E-state index contributed by atoms with van der Waals surface area (Å²) in [6.45, 7) is 7.93. The Morgan fingerprint density at radius 2 is 1.83 bits per heavy atom. The van der Waals surface area contributed by atoms with Gasteiger partial charge in [0, 0.05) is 25.0 Å². The second-order valence-electron chi connectivity index (χ2n) is 5.49. The van der Waals surface area contributed by atoms with Crippen molar-refractivity contribution in [2.24, 2.45) is 0 Å². The van der Waals surface area contributed by atoms with Crippen molar-refractivity contribution in [2.45, 2.75) is 20.8 Å². The highest BCUT2D eigenvalue weighted by molar-refractivity contribution is 6.33. The van der Waals surface area contributed by atoms with Gasteiger partial charge in [-0.2, -0.15) is 0 Å². The summed E-state index contributed by atoms with van der Waals surface area (Å²) in [7, 11) is 0. The van der Waals surface area contributed by atoms with Crippen LogP contribution in [0.15, 0.2) is 36.5 Å². The van der Waals surface area contributed by atoms with Crippen LogP contribution in [0.25, 0.3) is 0 Å². The number of carbonyl (C=O) groups is 2.